The Kier molecular flexibility index (Phi) is 3.92. The topological polar surface area (TPSA) is 58.3 Å². The lowest BCUT2D eigenvalue weighted by molar-refractivity contribution is 0.0340. The van der Waals surface area contributed by atoms with Gasteiger partial charge >= 0.3 is 0 Å². The van der Waals surface area contributed by atoms with Gasteiger partial charge in [-0.25, -0.2) is 4.39 Å². The van der Waals surface area contributed by atoms with Crippen LogP contribution in [0.25, 0.3) is 10.9 Å². The van der Waals surface area contributed by atoms with Gasteiger partial charge < -0.3 is 14.8 Å². The highest BCUT2D eigenvalue weighted by atomic mass is 19.1. The quantitative estimate of drug-likeness (QED) is 0.760. The number of fused-ring (bicyclic) bond motifs is 1. The smallest absolute Gasteiger partial charge is 0.136 e. The minimum atomic E-state index is -1.12. The first-order valence-electron chi connectivity index (χ1n) is 7.06. The van der Waals surface area contributed by atoms with Crippen LogP contribution in [0.3, 0.4) is 0 Å². The molecule has 0 saturated carbocycles. The molecule has 2 aromatic heterocycles. The fourth-order valence-electron chi connectivity index (χ4n) is 2.48. The van der Waals surface area contributed by atoms with Crippen molar-refractivity contribution in [2.75, 3.05) is 6.54 Å². The van der Waals surface area contributed by atoms with Gasteiger partial charge in [0.1, 0.15) is 17.2 Å². The molecule has 5 heteroatoms. The predicted molar refractivity (Wildman–Crippen MR) is 81.7 cm³/mol. The molecule has 1 atom stereocenters. The number of hydrogen-bond donors (Lipinski definition) is 2. The summed E-state index contributed by atoms with van der Waals surface area (Å²) in [5.74, 6) is 0.192. The highest BCUT2D eigenvalue weighted by Crippen LogP contribution is 2.21. The number of furan rings is 1. The zero-order chi connectivity index (χ0) is 15.6. The van der Waals surface area contributed by atoms with Gasteiger partial charge in [-0.3, -0.25) is 4.98 Å². The van der Waals surface area contributed by atoms with Crippen molar-refractivity contribution in [2.24, 2.45) is 0 Å². The summed E-state index contributed by atoms with van der Waals surface area (Å²) >= 11 is 0. The summed E-state index contributed by atoms with van der Waals surface area (Å²) in [6.45, 7) is 2.36. The summed E-state index contributed by atoms with van der Waals surface area (Å²) in [4.78, 5) is 4.30. The average Bonchev–Trinajstić information content (AvgIpc) is 3.02. The Morgan fingerprint density at radius 2 is 2.18 bits per heavy atom. The lowest BCUT2D eigenvalue weighted by Crippen LogP contribution is -2.34. The van der Waals surface area contributed by atoms with Crippen LogP contribution in [0.15, 0.2) is 53.3 Å². The number of aliphatic hydroxyl groups is 1. The molecule has 3 aromatic rings. The van der Waals surface area contributed by atoms with Crippen molar-refractivity contribution in [2.45, 2.75) is 19.1 Å². The van der Waals surface area contributed by atoms with Crippen molar-refractivity contribution < 1.29 is 13.9 Å². The molecule has 0 aliphatic rings. The van der Waals surface area contributed by atoms with Crippen LogP contribution in [-0.4, -0.2) is 16.6 Å². The van der Waals surface area contributed by atoms with Crippen LogP contribution < -0.4 is 5.32 Å². The third-order valence-electron chi connectivity index (χ3n) is 3.59. The number of nitrogens with zero attached hydrogens (tertiary/aromatic N) is 1. The lowest BCUT2D eigenvalue weighted by atomic mass is 10.0. The number of nitrogens with one attached hydrogen (secondary N) is 1. The zero-order valence-electron chi connectivity index (χ0n) is 12.2. The van der Waals surface area contributed by atoms with Gasteiger partial charge in [-0.05, 0) is 42.8 Å². The van der Waals surface area contributed by atoms with E-state index in [2.05, 4.69) is 10.3 Å². The summed E-state index contributed by atoms with van der Waals surface area (Å²) in [5, 5.41) is 14.3. The van der Waals surface area contributed by atoms with Gasteiger partial charge in [0.05, 0.1) is 11.8 Å². The molecule has 0 saturated heterocycles. The van der Waals surface area contributed by atoms with E-state index in [0.29, 0.717) is 12.3 Å². The predicted octanol–water partition coefficient (Wildman–Crippen LogP) is 2.96. The molecule has 0 aliphatic heterocycles. The molecule has 0 spiro atoms. The molecule has 3 rings (SSSR count). The number of aromatic nitrogens is 1. The van der Waals surface area contributed by atoms with Crippen LogP contribution >= 0.6 is 0 Å². The Labute approximate surface area is 127 Å². The summed E-state index contributed by atoms with van der Waals surface area (Å²) in [6, 6.07) is 9.98. The third-order valence-corrected chi connectivity index (χ3v) is 3.59. The molecular formula is C17H17FN2O2. The summed E-state index contributed by atoms with van der Waals surface area (Å²) < 4.78 is 18.9. The van der Waals surface area contributed by atoms with Gasteiger partial charge in [0.15, 0.2) is 0 Å². The van der Waals surface area contributed by atoms with Gasteiger partial charge in [-0.1, -0.05) is 6.07 Å². The van der Waals surface area contributed by atoms with Crippen LogP contribution in [0.4, 0.5) is 4.39 Å². The van der Waals surface area contributed by atoms with Gasteiger partial charge in [-0.2, -0.15) is 0 Å². The van der Waals surface area contributed by atoms with E-state index in [1.165, 1.54) is 18.4 Å². The van der Waals surface area contributed by atoms with Gasteiger partial charge in [-0.15, -0.1) is 0 Å². The standard InChI is InChI=1S/C17H17FN2O2/c1-17(21,15-5-3-7-22-15)11-19-10-13-9-14(18)8-12-4-2-6-20-16(12)13/h2-9,19,21H,10-11H2,1H3. The van der Waals surface area contributed by atoms with Crippen molar-refractivity contribution in [3.8, 4) is 0 Å². The maximum Gasteiger partial charge on any atom is 0.136 e. The molecule has 4 nitrogen and oxygen atoms in total. The molecule has 1 unspecified atom stereocenters. The third kappa shape index (κ3) is 3.00. The fraction of sp³-hybridized carbons (Fsp3) is 0.235. The van der Waals surface area contributed by atoms with E-state index in [9.17, 15) is 9.50 Å². The minimum absolute atomic E-state index is 0.283. The maximum atomic E-state index is 13.7. The SMILES string of the molecule is CC(O)(CNCc1cc(F)cc2cccnc12)c1ccco1. The maximum absolute atomic E-state index is 13.7. The van der Waals surface area contributed by atoms with E-state index in [0.717, 1.165) is 16.5 Å². The molecule has 2 N–H and O–H groups in total. The number of hydrogen-bond acceptors (Lipinski definition) is 4. The molecule has 0 aliphatic carbocycles. The minimum Gasteiger partial charge on any atom is -0.466 e. The Balaban J connectivity index is 1.75. The Morgan fingerprint density at radius 1 is 1.32 bits per heavy atom. The van der Waals surface area contributed by atoms with Crippen molar-refractivity contribution >= 4 is 10.9 Å². The number of halogens is 1. The van der Waals surface area contributed by atoms with Crippen LogP contribution in [0.5, 0.6) is 0 Å². The Hall–Kier alpha value is -2.24. The van der Waals surface area contributed by atoms with Crippen LogP contribution in [0.2, 0.25) is 0 Å². The van der Waals surface area contributed by atoms with Gasteiger partial charge in [0.25, 0.3) is 0 Å². The Morgan fingerprint density at radius 3 is 2.95 bits per heavy atom. The molecule has 114 valence electrons. The second kappa shape index (κ2) is 5.87. The second-order valence-corrected chi connectivity index (χ2v) is 5.49. The van der Waals surface area contributed by atoms with E-state index in [1.54, 1.807) is 31.3 Å². The highest BCUT2D eigenvalue weighted by Gasteiger charge is 2.25. The van der Waals surface area contributed by atoms with Crippen molar-refractivity contribution in [3.63, 3.8) is 0 Å². The van der Waals surface area contributed by atoms with E-state index in [4.69, 9.17) is 4.42 Å². The average molecular weight is 300 g/mol. The first kappa shape index (κ1) is 14.7. The fourth-order valence-corrected chi connectivity index (χ4v) is 2.48. The zero-order valence-corrected chi connectivity index (χ0v) is 12.2. The van der Waals surface area contributed by atoms with Crippen molar-refractivity contribution in [1.82, 2.24) is 10.3 Å². The first-order chi connectivity index (χ1) is 10.6. The van der Waals surface area contributed by atoms with Crippen LogP contribution in [-0.2, 0) is 12.1 Å². The lowest BCUT2D eigenvalue weighted by Gasteiger charge is -2.21. The number of benzene rings is 1. The summed E-state index contributed by atoms with van der Waals surface area (Å²) in [5.41, 5.74) is 0.389. The summed E-state index contributed by atoms with van der Waals surface area (Å²) in [6.07, 6.45) is 3.20. The highest BCUT2D eigenvalue weighted by molar-refractivity contribution is 5.81. The van der Waals surface area contributed by atoms with Crippen LogP contribution in [0.1, 0.15) is 18.2 Å². The summed E-state index contributed by atoms with van der Waals surface area (Å²) in [7, 11) is 0. The molecular weight excluding hydrogens is 283 g/mol. The molecule has 1 aromatic carbocycles. The normalized spacial score (nSPS) is 14.1. The first-order valence-corrected chi connectivity index (χ1v) is 7.06. The van der Waals surface area contributed by atoms with Crippen molar-refractivity contribution in [1.29, 1.82) is 0 Å². The number of pyridine rings is 1. The molecule has 0 amide bonds. The van der Waals surface area contributed by atoms with E-state index in [-0.39, 0.29) is 12.4 Å². The van der Waals surface area contributed by atoms with Crippen LogP contribution in [0, 0.1) is 5.82 Å². The monoisotopic (exact) mass is 300 g/mol. The van der Waals surface area contributed by atoms with Crippen molar-refractivity contribution in [3.05, 3.63) is 66.0 Å². The molecule has 22 heavy (non-hydrogen) atoms. The molecule has 0 radical (unpaired) electrons. The molecule has 0 bridgehead atoms. The largest absolute Gasteiger partial charge is 0.466 e. The molecule has 0 fully saturated rings. The molecule has 2 heterocycles. The van der Waals surface area contributed by atoms with E-state index >= 15 is 0 Å². The van der Waals surface area contributed by atoms with E-state index < -0.39 is 5.60 Å². The van der Waals surface area contributed by atoms with Gasteiger partial charge in [0.2, 0.25) is 0 Å². The van der Waals surface area contributed by atoms with E-state index in [1.807, 2.05) is 6.07 Å². The van der Waals surface area contributed by atoms with Gasteiger partial charge in [0, 0.05) is 24.7 Å². The Bertz CT molecular complexity index is 769. The number of rotatable bonds is 5. The second-order valence-electron chi connectivity index (χ2n) is 5.49.